The molecule has 0 fully saturated rings. The van der Waals surface area contributed by atoms with Crippen molar-refractivity contribution < 1.29 is 0 Å². The monoisotopic (exact) mass is 352 g/mol. The Morgan fingerprint density at radius 1 is 0.615 bits per heavy atom. The molecule has 4 rings (SSSR count). The van der Waals surface area contributed by atoms with E-state index >= 15 is 0 Å². The fraction of sp³-hybridized carbons (Fsp3) is 0.0400. The lowest BCUT2D eigenvalue weighted by Crippen LogP contribution is -1.94. The molecule has 0 saturated heterocycles. The highest BCUT2D eigenvalue weighted by molar-refractivity contribution is 7.15. The standard InChI is InChI=1S/C25H20S/c1-4-10-20(11-5-1)16-17-23(21-12-6-2-7-13-21)25-19-18-24(26-25)22-14-8-3-9-15-22/h1-19,23H/b17-16+. The van der Waals surface area contributed by atoms with Gasteiger partial charge in [-0.15, -0.1) is 11.3 Å². The van der Waals surface area contributed by atoms with Crippen molar-refractivity contribution >= 4 is 17.4 Å². The molecule has 3 aromatic carbocycles. The van der Waals surface area contributed by atoms with E-state index in [-0.39, 0.29) is 5.92 Å². The topological polar surface area (TPSA) is 0 Å². The van der Waals surface area contributed by atoms with E-state index in [1.54, 1.807) is 0 Å². The second kappa shape index (κ2) is 7.99. The Kier molecular flexibility index (Phi) is 5.09. The lowest BCUT2D eigenvalue weighted by atomic mass is 9.96. The van der Waals surface area contributed by atoms with Crippen LogP contribution in [0.2, 0.25) is 0 Å². The highest BCUT2D eigenvalue weighted by Gasteiger charge is 2.14. The first-order valence-electron chi connectivity index (χ1n) is 8.83. The van der Waals surface area contributed by atoms with Crippen LogP contribution in [0.3, 0.4) is 0 Å². The van der Waals surface area contributed by atoms with Crippen molar-refractivity contribution in [3.63, 3.8) is 0 Å². The summed E-state index contributed by atoms with van der Waals surface area (Å²) < 4.78 is 0. The van der Waals surface area contributed by atoms with Gasteiger partial charge in [0.05, 0.1) is 0 Å². The molecule has 0 N–H and O–H groups in total. The molecular weight excluding hydrogens is 332 g/mol. The molecule has 4 aromatic rings. The van der Waals surface area contributed by atoms with Crippen LogP contribution in [-0.4, -0.2) is 0 Å². The van der Waals surface area contributed by atoms with E-state index in [9.17, 15) is 0 Å². The van der Waals surface area contributed by atoms with Gasteiger partial charge in [-0.25, -0.2) is 0 Å². The molecule has 0 saturated carbocycles. The van der Waals surface area contributed by atoms with Gasteiger partial charge in [0, 0.05) is 15.7 Å². The van der Waals surface area contributed by atoms with E-state index in [0.717, 1.165) is 0 Å². The predicted molar refractivity (Wildman–Crippen MR) is 114 cm³/mol. The van der Waals surface area contributed by atoms with E-state index < -0.39 is 0 Å². The summed E-state index contributed by atoms with van der Waals surface area (Å²) in [6, 6.07) is 36.3. The first-order valence-corrected chi connectivity index (χ1v) is 9.65. The molecule has 0 bridgehead atoms. The van der Waals surface area contributed by atoms with Crippen molar-refractivity contribution in [2.45, 2.75) is 5.92 Å². The average molecular weight is 353 g/mol. The van der Waals surface area contributed by atoms with Crippen LogP contribution in [0.25, 0.3) is 16.5 Å². The highest BCUT2D eigenvalue weighted by atomic mass is 32.1. The summed E-state index contributed by atoms with van der Waals surface area (Å²) in [5.74, 6) is 0.263. The van der Waals surface area contributed by atoms with Crippen LogP contribution in [0.4, 0.5) is 0 Å². The maximum Gasteiger partial charge on any atom is 0.0367 e. The predicted octanol–water partition coefficient (Wildman–Crippen LogP) is 7.26. The molecule has 126 valence electrons. The largest absolute Gasteiger partial charge is 0.139 e. The molecule has 26 heavy (non-hydrogen) atoms. The summed E-state index contributed by atoms with van der Waals surface area (Å²) in [5.41, 5.74) is 3.83. The third kappa shape index (κ3) is 3.84. The fourth-order valence-corrected chi connectivity index (χ4v) is 4.20. The minimum Gasteiger partial charge on any atom is -0.139 e. The number of hydrogen-bond donors (Lipinski definition) is 0. The van der Waals surface area contributed by atoms with Gasteiger partial charge in [0.25, 0.3) is 0 Å². The minimum atomic E-state index is 0.263. The van der Waals surface area contributed by atoms with E-state index in [1.807, 2.05) is 11.3 Å². The summed E-state index contributed by atoms with van der Waals surface area (Å²) in [5, 5.41) is 0. The molecule has 1 atom stereocenters. The summed E-state index contributed by atoms with van der Waals surface area (Å²) >= 11 is 1.87. The lowest BCUT2D eigenvalue weighted by Gasteiger charge is -2.11. The third-order valence-electron chi connectivity index (χ3n) is 4.43. The van der Waals surface area contributed by atoms with Gasteiger partial charge in [0.15, 0.2) is 0 Å². The summed E-state index contributed by atoms with van der Waals surface area (Å²) in [4.78, 5) is 2.68. The summed E-state index contributed by atoms with van der Waals surface area (Å²) in [6.45, 7) is 0. The van der Waals surface area contributed by atoms with E-state index in [0.29, 0.717) is 0 Å². The van der Waals surface area contributed by atoms with Crippen LogP contribution in [0.15, 0.2) is 109 Å². The highest BCUT2D eigenvalue weighted by Crippen LogP contribution is 2.36. The first kappa shape index (κ1) is 16.6. The summed E-state index contributed by atoms with van der Waals surface area (Å²) in [7, 11) is 0. The van der Waals surface area contributed by atoms with Crippen molar-refractivity contribution in [2.24, 2.45) is 0 Å². The van der Waals surface area contributed by atoms with Crippen LogP contribution in [0.1, 0.15) is 21.9 Å². The van der Waals surface area contributed by atoms with Crippen LogP contribution in [0, 0.1) is 0 Å². The molecule has 0 spiro atoms. The van der Waals surface area contributed by atoms with Gasteiger partial charge in [0.2, 0.25) is 0 Å². The Bertz CT molecular complexity index is 966. The molecule has 0 aliphatic rings. The van der Waals surface area contributed by atoms with Crippen molar-refractivity contribution in [2.75, 3.05) is 0 Å². The Labute approximate surface area is 159 Å². The van der Waals surface area contributed by atoms with Gasteiger partial charge in [-0.2, -0.15) is 0 Å². The van der Waals surface area contributed by atoms with Crippen LogP contribution in [0.5, 0.6) is 0 Å². The fourth-order valence-electron chi connectivity index (χ4n) is 3.08. The van der Waals surface area contributed by atoms with Gasteiger partial charge in [0.1, 0.15) is 0 Å². The molecular formula is C25H20S. The molecule has 0 aliphatic heterocycles. The Balaban J connectivity index is 1.70. The maximum absolute atomic E-state index is 2.31. The smallest absolute Gasteiger partial charge is 0.0367 e. The van der Waals surface area contributed by atoms with E-state index in [4.69, 9.17) is 0 Å². The molecule has 0 amide bonds. The molecule has 0 nitrogen and oxygen atoms in total. The van der Waals surface area contributed by atoms with Gasteiger partial charge in [-0.05, 0) is 28.8 Å². The van der Waals surface area contributed by atoms with Gasteiger partial charge in [-0.1, -0.05) is 103 Å². The SMILES string of the molecule is C(=C\C(c1ccccc1)c1ccc(-c2ccccc2)s1)/c1ccccc1. The number of allylic oxidation sites excluding steroid dienone is 1. The lowest BCUT2D eigenvalue weighted by molar-refractivity contribution is 1.06. The Morgan fingerprint density at radius 2 is 1.23 bits per heavy atom. The Hall–Kier alpha value is -2.90. The third-order valence-corrected chi connectivity index (χ3v) is 5.65. The van der Waals surface area contributed by atoms with Crippen molar-refractivity contribution in [1.82, 2.24) is 0 Å². The molecule has 1 heterocycles. The zero-order valence-electron chi connectivity index (χ0n) is 14.5. The van der Waals surface area contributed by atoms with E-state index in [2.05, 4.69) is 115 Å². The second-order valence-corrected chi connectivity index (χ2v) is 7.34. The first-order chi connectivity index (χ1) is 12.9. The molecule has 1 heteroatoms. The van der Waals surface area contributed by atoms with Crippen molar-refractivity contribution in [1.29, 1.82) is 0 Å². The quantitative estimate of drug-likeness (QED) is 0.354. The molecule has 1 aromatic heterocycles. The summed E-state index contributed by atoms with van der Waals surface area (Å²) in [6.07, 6.45) is 4.53. The molecule has 1 unspecified atom stereocenters. The number of hydrogen-bond acceptors (Lipinski definition) is 1. The zero-order chi connectivity index (χ0) is 17.6. The van der Waals surface area contributed by atoms with E-state index in [1.165, 1.54) is 26.4 Å². The normalized spacial score (nSPS) is 12.3. The molecule has 0 aliphatic carbocycles. The average Bonchev–Trinajstić information content (AvgIpc) is 3.20. The van der Waals surface area contributed by atoms with Gasteiger partial charge in [-0.3, -0.25) is 0 Å². The van der Waals surface area contributed by atoms with Gasteiger partial charge >= 0.3 is 0 Å². The number of thiophene rings is 1. The van der Waals surface area contributed by atoms with Crippen LogP contribution in [-0.2, 0) is 0 Å². The zero-order valence-corrected chi connectivity index (χ0v) is 15.3. The second-order valence-electron chi connectivity index (χ2n) is 6.23. The minimum absolute atomic E-state index is 0.263. The van der Waals surface area contributed by atoms with Crippen molar-refractivity contribution in [3.8, 4) is 10.4 Å². The number of rotatable bonds is 5. The van der Waals surface area contributed by atoms with Crippen LogP contribution >= 0.6 is 11.3 Å². The van der Waals surface area contributed by atoms with Crippen molar-refractivity contribution in [3.05, 3.63) is 125 Å². The van der Waals surface area contributed by atoms with Gasteiger partial charge < -0.3 is 0 Å². The maximum atomic E-state index is 2.31. The number of benzene rings is 3. The van der Waals surface area contributed by atoms with Crippen LogP contribution < -0.4 is 0 Å². The Morgan fingerprint density at radius 3 is 1.92 bits per heavy atom. The molecule has 0 radical (unpaired) electrons.